The lowest BCUT2D eigenvalue weighted by atomic mass is 9.74. The van der Waals surface area contributed by atoms with Crippen molar-refractivity contribution < 1.29 is 0 Å². The van der Waals surface area contributed by atoms with Gasteiger partial charge in [-0.05, 0) is 43.7 Å². The lowest BCUT2D eigenvalue weighted by Crippen LogP contribution is -2.50. The van der Waals surface area contributed by atoms with Crippen molar-refractivity contribution in [3.05, 3.63) is 0 Å². The van der Waals surface area contributed by atoms with Crippen LogP contribution in [0.15, 0.2) is 0 Å². The first-order chi connectivity index (χ1) is 8.08. The number of hydrogen-bond donors (Lipinski definition) is 2. The SMILES string of the molecule is CN1CCCC(C(C)(C)CNCC2CNC2)C1. The van der Waals surface area contributed by atoms with Crippen LogP contribution in [0.25, 0.3) is 0 Å². The third-order valence-corrected chi connectivity index (χ3v) is 4.61. The van der Waals surface area contributed by atoms with Crippen molar-refractivity contribution in [1.82, 2.24) is 15.5 Å². The van der Waals surface area contributed by atoms with Crippen LogP contribution in [0.3, 0.4) is 0 Å². The highest BCUT2D eigenvalue weighted by atomic mass is 15.1. The van der Waals surface area contributed by atoms with Crippen molar-refractivity contribution in [3.8, 4) is 0 Å². The summed E-state index contributed by atoms with van der Waals surface area (Å²) in [5, 5.41) is 7.01. The van der Waals surface area contributed by atoms with Crippen LogP contribution < -0.4 is 10.6 Å². The summed E-state index contributed by atoms with van der Waals surface area (Å²) in [4.78, 5) is 2.49. The van der Waals surface area contributed by atoms with E-state index in [9.17, 15) is 0 Å². The molecule has 0 aromatic heterocycles. The second-order valence-corrected chi connectivity index (χ2v) is 6.75. The smallest absolute Gasteiger partial charge is 0.00122 e. The summed E-state index contributed by atoms with van der Waals surface area (Å²) in [6.45, 7) is 12.2. The van der Waals surface area contributed by atoms with Crippen LogP contribution in [0.4, 0.5) is 0 Å². The van der Waals surface area contributed by atoms with Gasteiger partial charge in [-0.2, -0.15) is 0 Å². The normalized spacial score (nSPS) is 28.1. The van der Waals surface area contributed by atoms with E-state index in [1.165, 1.54) is 52.1 Å². The van der Waals surface area contributed by atoms with Gasteiger partial charge in [-0.1, -0.05) is 13.8 Å². The maximum absolute atomic E-state index is 3.68. The van der Waals surface area contributed by atoms with Crippen LogP contribution in [-0.4, -0.2) is 51.2 Å². The Morgan fingerprint density at radius 2 is 2.12 bits per heavy atom. The maximum atomic E-state index is 3.68. The van der Waals surface area contributed by atoms with E-state index >= 15 is 0 Å². The van der Waals surface area contributed by atoms with Crippen molar-refractivity contribution in [2.45, 2.75) is 26.7 Å². The molecule has 2 fully saturated rings. The Labute approximate surface area is 106 Å². The molecule has 17 heavy (non-hydrogen) atoms. The first-order valence-corrected chi connectivity index (χ1v) is 7.18. The van der Waals surface area contributed by atoms with Crippen LogP contribution in [0.2, 0.25) is 0 Å². The number of likely N-dealkylation sites (tertiary alicyclic amines) is 1. The molecule has 3 nitrogen and oxygen atoms in total. The first-order valence-electron chi connectivity index (χ1n) is 7.18. The topological polar surface area (TPSA) is 27.3 Å². The van der Waals surface area contributed by atoms with Crippen LogP contribution >= 0.6 is 0 Å². The van der Waals surface area contributed by atoms with Gasteiger partial charge in [0.15, 0.2) is 0 Å². The molecule has 0 aromatic carbocycles. The van der Waals surface area contributed by atoms with Crippen LogP contribution in [0.5, 0.6) is 0 Å². The highest BCUT2D eigenvalue weighted by Crippen LogP contribution is 2.32. The summed E-state index contributed by atoms with van der Waals surface area (Å²) in [5.74, 6) is 1.73. The van der Waals surface area contributed by atoms with Gasteiger partial charge in [0.1, 0.15) is 0 Å². The summed E-state index contributed by atoms with van der Waals surface area (Å²) < 4.78 is 0. The largest absolute Gasteiger partial charge is 0.316 e. The summed E-state index contributed by atoms with van der Waals surface area (Å²) in [6.07, 6.45) is 2.78. The van der Waals surface area contributed by atoms with Gasteiger partial charge in [0, 0.05) is 32.7 Å². The van der Waals surface area contributed by atoms with Crippen molar-refractivity contribution in [2.75, 3.05) is 46.3 Å². The van der Waals surface area contributed by atoms with Crippen LogP contribution in [0, 0.1) is 17.3 Å². The average molecular weight is 239 g/mol. The summed E-state index contributed by atoms with van der Waals surface area (Å²) in [5.41, 5.74) is 0.436. The van der Waals surface area contributed by atoms with Gasteiger partial charge in [0.05, 0.1) is 0 Å². The van der Waals surface area contributed by atoms with E-state index in [4.69, 9.17) is 0 Å². The molecular weight excluding hydrogens is 210 g/mol. The van der Waals surface area contributed by atoms with E-state index in [1.54, 1.807) is 0 Å². The van der Waals surface area contributed by atoms with Gasteiger partial charge in [-0.3, -0.25) is 0 Å². The first kappa shape index (κ1) is 13.3. The molecule has 0 saturated carbocycles. The van der Waals surface area contributed by atoms with Crippen molar-refractivity contribution in [1.29, 1.82) is 0 Å². The molecule has 2 rings (SSSR count). The minimum Gasteiger partial charge on any atom is -0.316 e. The Balaban J connectivity index is 1.71. The lowest BCUT2D eigenvalue weighted by molar-refractivity contribution is 0.101. The number of hydrogen-bond acceptors (Lipinski definition) is 3. The third-order valence-electron chi connectivity index (χ3n) is 4.61. The molecule has 3 heteroatoms. The highest BCUT2D eigenvalue weighted by molar-refractivity contribution is 4.86. The van der Waals surface area contributed by atoms with Crippen molar-refractivity contribution in [2.24, 2.45) is 17.3 Å². The molecule has 2 N–H and O–H groups in total. The summed E-state index contributed by atoms with van der Waals surface area (Å²) in [7, 11) is 2.26. The average Bonchev–Trinajstić information content (AvgIpc) is 2.22. The van der Waals surface area contributed by atoms with Gasteiger partial charge < -0.3 is 15.5 Å². The number of nitrogens with one attached hydrogen (secondary N) is 2. The van der Waals surface area contributed by atoms with Crippen molar-refractivity contribution >= 4 is 0 Å². The molecule has 1 atom stereocenters. The zero-order valence-corrected chi connectivity index (χ0v) is 11.8. The number of rotatable bonds is 5. The predicted molar refractivity (Wildman–Crippen MR) is 73.2 cm³/mol. The quantitative estimate of drug-likeness (QED) is 0.754. The minimum absolute atomic E-state index is 0.436. The molecular formula is C14H29N3. The molecule has 0 bridgehead atoms. The van der Waals surface area contributed by atoms with E-state index in [-0.39, 0.29) is 0 Å². The zero-order valence-electron chi connectivity index (χ0n) is 11.8. The molecule has 2 heterocycles. The monoisotopic (exact) mass is 239 g/mol. The molecule has 2 aliphatic rings. The molecule has 2 aliphatic heterocycles. The molecule has 100 valence electrons. The second-order valence-electron chi connectivity index (χ2n) is 6.75. The van der Waals surface area contributed by atoms with E-state index in [0.29, 0.717) is 5.41 Å². The summed E-state index contributed by atoms with van der Waals surface area (Å²) >= 11 is 0. The third kappa shape index (κ3) is 3.67. The van der Waals surface area contributed by atoms with E-state index in [0.717, 1.165) is 11.8 Å². The molecule has 0 radical (unpaired) electrons. The summed E-state index contributed by atoms with van der Waals surface area (Å²) in [6, 6.07) is 0. The van der Waals surface area contributed by atoms with Gasteiger partial charge >= 0.3 is 0 Å². The second kappa shape index (κ2) is 5.68. The van der Waals surface area contributed by atoms with E-state index in [1.807, 2.05) is 0 Å². The number of piperidine rings is 1. The Morgan fingerprint density at radius 1 is 1.35 bits per heavy atom. The molecule has 0 spiro atoms. The minimum atomic E-state index is 0.436. The standard InChI is InChI=1S/C14H29N3/c1-14(2,11-16-9-12-7-15-8-12)13-5-4-6-17(3)10-13/h12-13,15-16H,4-11H2,1-3H3. The van der Waals surface area contributed by atoms with Gasteiger partial charge in [-0.15, -0.1) is 0 Å². The fourth-order valence-corrected chi connectivity index (χ4v) is 3.04. The lowest BCUT2D eigenvalue weighted by Gasteiger charge is -2.41. The Kier molecular flexibility index (Phi) is 4.45. The Morgan fingerprint density at radius 3 is 2.71 bits per heavy atom. The molecule has 0 aliphatic carbocycles. The Hall–Kier alpha value is -0.120. The van der Waals surface area contributed by atoms with Gasteiger partial charge in [0.2, 0.25) is 0 Å². The maximum Gasteiger partial charge on any atom is 0.00122 e. The highest BCUT2D eigenvalue weighted by Gasteiger charge is 2.32. The fourth-order valence-electron chi connectivity index (χ4n) is 3.04. The molecule has 0 aromatic rings. The molecule has 0 amide bonds. The van der Waals surface area contributed by atoms with Gasteiger partial charge in [0.25, 0.3) is 0 Å². The van der Waals surface area contributed by atoms with Gasteiger partial charge in [-0.25, -0.2) is 0 Å². The van der Waals surface area contributed by atoms with E-state index in [2.05, 4.69) is 36.4 Å². The zero-order chi connectivity index (χ0) is 12.3. The number of nitrogens with zero attached hydrogens (tertiary/aromatic N) is 1. The molecule has 2 saturated heterocycles. The van der Waals surface area contributed by atoms with E-state index < -0.39 is 0 Å². The van der Waals surface area contributed by atoms with Crippen molar-refractivity contribution in [3.63, 3.8) is 0 Å². The predicted octanol–water partition coefficient (Wildman–Crippen LogP) is 1.16. The van der Waals surface area contributed by atoms with Crippen LogP contribution in [0.1, 0.15) is 26.7 Å². The fraction of sp³-hybridized carbons (Fsp3) is 1.00. The Bertz CT molecular complexity index is 236. The molecule has 1 unspecified atom stereocenters. The van der Waals surface area contributed by atoms with Crippen LogP contribution in [-0.2, 0) is 0 Å².